The van der Waals surface area contributed by atoms with Gasteiger partial charge in [-0.05, 0) is 35.6 Å². The molecule has 2 nitrogen and oxygen atoms in total. The van der Waals surface area contributed by atoms with Crippen molar-refractivity contribution in [2.75, 3.05) is 5.32 Å². The van der Waals surface area contributed by atoms with E-state index in [-0.39, 0.29) is 18.1 Å². The third kappa shape index (κ3) is 3.91. The number of benzene rings is 2. The SMILES string of the molecule is CC[C@H](C)c1ccccc1NC(=O)Cc1ccccc1F. The summed E-state index contributed by atoms with van der Waals surface area (Å²) in [7, 11) is 0. The summed E-state index contributed by atoms with van der Waals surface area (Å²) in [4.78, 5) is 12.1. The van der Waals surface area contributed by atoms with Crippen LogP contribution in [0.2, 0.25) is 0 Å². The highest BCUT2D eigenvalue weighted by Gasteiger charge is 2.12. The van der Waals surface area contributed by atoms with E-state index in [1.165, 1.54) is 6.07 Å². The first-order valence-electron chi connectivity index (χ1n) is 7.24. The average Bonchev–Trinajstić information content (AvgIpc) is 2.49. The Morgan fingerprint density at radius 2 is 1.81 bits per heavy atom. The van der Waals surface area contributed by atoms with Crippen molar-refractivity contribution in [3.05, 3.63) is 65.5 Å². The van der Waals surface area contributed by atoms with E-state index in [0.29, 0.717) is 11.5 Å². The lowest BCUT2D eigenvalue weighted by Gasteiger charge is -2.15. The van der Waals surface area contributed by atoms with Gasteiger partial charge >= 0.3 is 0 Å². The molecule has 1 N–H and O–H groups in total. The van der Waals surface area contributed by atoms with Crippen molar-refractivity contribution < 1.29 is 9.18 Å². The van der Waals surface area contributed by atoms with E-state index in [0.717, 1.165) is 17.7 Å². The number of rotatable bonds is 5. The molecule has 0 unspecified atom stereocenters. The van der Waals surface area contributed by atoms with E-state index in [1.807, 2.05) is 24.3 Å². The topological polar surface area (TPSA) is 29.1 Å². The van der Waals surface area contributed by atoms with E-state index in [4.69, 9.17) is 0 Å². The molecule has 0 saturated heterocycles. The Balaban J connectivity index is 2.12. The van der Waals surface area contributed by atoms with Crippen molar-refractivity contribution >= 4 is 11.6 Å². The maximum absolute atomic E-state index is 13.6. The predicted octanol–water partition coefficient (Wildman–Crippen LogP) is 4.52. The van der Waals surface area contributed by atoms with E-state index in [9.17, 15) is 9.18 Å². The van der Waals surface area contributed by atoms with Gasteiger partial charge in [-0.15, -0.1) is 0 Å². The Bertz CT molecular complexity index is 624. The molecule has 2 rings (SSSR count). The first-order valence-corrected chi connectivity index (χ1v) is 7.24. The summed E-state index contributed by atoms with van der Waals surface area (Å²) < 4.78 is 13.6. The molecule has 0 aromatic heterocycles. The first kappa shape index (κ1) is 15.2. The van der Waals surface area contributed by atoms with Crippen LogP contribution >= 0.6 is 0 Å². The van der Waals surface area contributed by atoms with Gasteiger partial charge in [-0.25, -0.2) is 4.39 Å². The summed E-state index contributed by atoms with van der Waals surface area (Å²) in [5.41, 5.74) is 2.34. The lowest BCUT2D eigenvalue weighted by molar-refractivity contribution is -0.115. The summed E-state index contributed by atoms with van der Waals surface area (Å²) in [5.74, 6) is -0.173. The number of carbonyl (C=O) groups excluding carboxylic acids is 1. The molecule has 0 aliphatic carbocycles. The quantitative estimate of drug-likeness (QED) is 0.859. The fourth-order valence-corrected chi connectivity index (χ4v) is 2.27. The molecule has 0 bridgehead atoms. The van der Waals surface area contributed by atoms with Crippen LogP contribution in [0, 0.1) is 5.82 Å². The van der Waals surface area contributed by atoms with Gasteiger partial charge in [-0.3, -0.25) is 4.79 Å². The third-order valence-corrected chi connectivity index (χ3v) is 3.69. The zero-order valence-electron chi connectivity index (χ0n) is 12.4. The van der Waals surface area contributed by atoms with Crippen molar-refractivity contribution in [1.82, 2.24) is 0 Å². The zero-order valence-corrected chi connectivity index (χ0v) is 12.4. The summed E-state index contributed by atoms with van der Waals surface area (Å²) in [6, 6.07) is 14.1. The van der Waals surface area contributed by atoms with Crippen LogP contribution in [-0.2, 0) is 11.2 Å². The number of anilines is 1. The molecule has 0 saturated carbocycles. The lowest BCUT2D eigenvalue weighted by Crippen LogP contribution is -2.16. The van der Waals surface area contributed by atoms with Crippen LogP contribution in [0.15, 0.2) is 48.5 Å². The van der Waals surface area contributed by atoms with Gasteiger partial charge in [-0.1, -0.05) is 50.2 Å². The second-order valence-electron chi connectivity index (χ2n) is 5.21. The highest BCUT2D eigenvalue weighted by atomic mass is 19.1. The van der Waals surface area contributed by atoms with Crippen LogP contribution in [0.1, 0.15) is 37.3 Å². The summed E-state index contributed by atoms with van der Waals surface area (Å²) >= 11 is 0. The number of hydrogen-bond acceptors (Lipinski definition) is 1. The molecular formula is C18H20FNO. The standard InChI is InChI=1S/C18H20FNO/c1-3-13(2)15-9-5-7-11-17(15)20-18(21)12-14-8-4-6-10-16(14)19/h4-11,13H,3,12H2,1-2H3,(H,20,21)/t13-/m0/s1. The molecule has 0 spiro atoms. The average molecular weight is 285 g/mol. The summed E-state index contributed by atoms with van der Waals surface area (Å²) in [6.45, 7) is 4.24. The molecule has 110 valence electrons. The summed E-state index contributed by atoms with van der Waals surface area (Å²) in [5, 5.41) is 2.90. The van der Waals surface area contributed by atoms with Crippen LogP contribution in [0.3, 0.4) is 0 Å². The molecule has 0 heterocycles. The zero-order chi connectivity index (χ0) is 15.2. The fourth-order valence-electron chi connectivity index (χ4n) is 2.27. The fraction of sp³-hybridized carbons (Fsp3) is 0.278. The van der Waals surface area contributed by atoms with Crippen molar-refractivity contribution in [3.8, 4) is 0 Å². The minimum Gasteiger partial charge on any atom is -0.326 e. The Labute approximate surface area is 125 Å². The van der Waals surface area contributed by atoms with Gasteiger partial charge in [0.1, 0.15) is 5.82 Å². The van der Waals surface area contributed by atoms with Gasteiger partial charge < -0.3 is 5.32 Å². The van der Waals surface area contributed by atoms with Crippen LogP contribution < -0.4 is 5.32 Å². The molecule has 0 radical (unpaired) electrons. The Morgan fingerprint density at radius 3 is 2.52 bits per heavy atom. The number of nitrogens with one attached hydrogen (secondary N) is 1. The highest BCUT2D eigenvalue weighted by molar-refractivity contribution is 5.93. The second-order valence-corrected chi connectivity index (χ2v) is 5.21. The second kappa shape index (κ2) is 7.02. The smallest absolute Gasteiger partial charge is 0.228 e. The van der Waals surface area contributed by atoms with Crippen LogP contribution in [0.4, 0.5) is 10.1 Å². The van der Waals surface area contributed by atoms with Gasteiger partial charge in [0.15, 0.2) is 0 Å². The molecule has 1 atom stereocenters. The number of hydrogen-bond donors (Lipinski definition) is 1. The van der Waals surface area contributed by atoms with Gasteiger partial charge in [-0.2, -0.15) is 0 Å². The summed E-state index contributed by atoms with van der Waals surface area (Å²) in [6.07, 6.45) is 1.04. The number of halogens is 1. The molecule has 2 aromatic rings. The van der Waals surface area contributed by atoms with Gasteiger partial charge in [0.25, 0.3) is 0 Å². The molecular weight excluding hydrogens is 265 g/mol. The van der Waals surface area contributed by atoms with Crippen molar-refractivity contribution in [2.45, 2.75) is 32.6 Å². The maximum atomic E-state index is 13.6. The highest BCUT2D eigenvalue weighted by Crippen LogP contribution is 2.26. The third-order valence-electron chi connectivity index (χ3n) is 3.69. The Morgan fingerprint density at radius 1 is 1.14 bits per heavy atom. The van der Waals surface area contributed by atoms with E-state index >= 15 is 0 Å². The van der Waals surface area contributed by atoms with Gasteiger partial charge in [0, 0.05) is 5.69 Å². The van der Waals surface area contributed by atoms with Crippen molar-refractivity contribution in [2.24, 2.45) is 0 Å². The van der Waals surface area contributed by atoms with E-state index < -0.39 is 0 Å². The normalized spacial score (nSPS) is 12.0. The lowest BCUT2D eigenvalue weighted by atomic mass is 9.97. The maximum Gasteiger partial charge on any atom is 0.228 e. The number of amides is 1. The largest absolute Gasteiger partial charge is 0.326 e. The molecule has 21 heavy (non-hydrogen) atoms. The molecule has 3 heteroatoms. The van der Waals surface area contributed by atoms with Crippen LogP contribution in [-0.4, -0.2) is 5.91 Å². The number of para-hydroxylation sites is 1. The molecule has 1 amide bonds. The van der Waals surface area contributed by atoms with Crippen LogP contribution in [0.25, 0.3) is 0 Å². The Kier molecular flexibility index (Phi) is 5.09. The van der Waals surface area contributed by atoms with Crippen molar-refractivity contribution in [3.63, 3.8) is 0 Å². The molecule has 0 fully saturated rings. The van der Waals surface area contributed by atoms with Crippen LogP contribution in [0.5, 0.6) is 0 Å². The molecule has 0 aliphatic heterocycles. The minimum absolute atomic E-state index is 0.0432. The first-order chi connectivity index (χ1) is 10.1. The van der Waals surface area contributed by atoms with Crippen molar-refractivity contribution in [1.29, 1.82) is 0 Å². The van der Waals surface area contributed by atoms with E-state index in [2.05, 4.69) is 19.2 Å². The molecule has 0 aliphatic rings. The van der Waals surface area contributed by atoms with Gasteiger partial charge in [0.2, 0.25) is 5.91 Å². The monoisotopic (exact) mass is 285 g/mol. The van der Waals surface area contributed by atoms with E-state index in [1.54, 1.807) is 18.2 Å². The molecule has 2 aromatic carbocycles. The number of carbonyl (C=O) groups is 1. The Hall–Kier alpha value is -2.16. The van der Waals surface area contributed by atoms with Gasteiger partial charge in [0.05, 0.1) is 6.42 Å². The minimum atomic E-state index is -0.345. The predicted molar refractivity (Wildman–Crippen MR) is 83.9 cm³/mol.